The van der Waals surface area contributed by atoms with Crippen molar-refractivity contribution in [3.63, 3.8) is 0 Å². The molecule has 1 amide bonds. The Morgan fingerprint density at radius 1 is 1.20 bits per heavy atom. The summed E-state index contributed by atoms with van der Waals surface area (Å²) in [4.78, 5) is 23.5. The predicted octanol–water partition coefficient (Wildman–Crippen LogP) is 2.03. The van der Waals surface area contributed by atoms with Crippen LogP contribution in [-0.4, -0.2) is 38.3 Å². The topological polar surface area (TPSA) is 183 Å². The highest BCUT2D eigenvalue weighted by atomic mass is 32.2. The Kier molecular flexibility index (Phi) is 10.0. The molecule has 35 heavy (non-hydrogen) atoms. The molecule has 0 bridgehead atoms. The Bertz CT molecular complexity index is 1240. The Morgan fingerprint density at radius 3 is 2.34 bits per heavy atom. The SMILES string of the molecule is C/C(=C\c1cc(F)c(Oc2ccc(S(=O)(=O)NCCCO[PH](=O)O)cc2)c(F)c1)C(=O)N=C(N)N. The van der Waals surface area contributed by atoms with E-state index < -0.39 is 47.5 Å². The Morgan fingerprint density at radius 2 is 1.80 bits per heavy atom. The van der Waals surface area contributed by atoms with Crippen LogP contribution in [0.25, 0.3) is 6.08 Å². The summed E-state index contributed by atoms with van der Waals surface area (Å²) in [5.74, 6) is -4.12. The van der Waals surface area contributed by atoms with Gasteiger partial charge in [0.1, 0.15) is 5.75 Å². The van der Waals surface area contributed by atoms with Crippen LogP contribution in [0.3, 0.4) is 0 Å². The molecule has 0 aromatic heterocycles. The first-order chi connectivity index (χ1) is 16.4. The van der Waals surface area contributed by atoms with E-state index in [-0.39, 0.29) is 41.4 Å². The van der Waals surface area contributed by atoms with Gasteiger partial charge in [0.25, 0.3) is 5.91 Å². The van der Waals surface area contributed by atoms with Gasteiger partial charge in [-0.2, -0.15) is 4.99 Å². The molecule has 1 atom stereocenters. The maximum atomic E-state index is 14.5. The van der Waals surface area contributed by atoms with Crippen LogP contribution in [0.2, 0.25) is 0 Å². The molecule has 2 rings (SSSR count). The lowest BCUT2D eigenvalue weighted by Crippen LogP contribution is -2.25. The summed E-state index contributed by atoms with van der Waals surface area (Å²) in [6.07, 6.45) is 1.36. The highest BCUT2D eigenvalue weighted by molar-refractivity contribution is 7.89. The molecule has 11 nitrogen and oxygen atoms in total. The average Bonchev–Trinajstić information content (AvgIpc) is 2.75. The van der Waals surface area contributed by atoms with Crippen molar-refractivity contribution in [1.29, 1.82) is 0 Å². The fourth-order valence-electron chi connectivity index (χ4n) is 2.60. The van der Waals surface area contributed by atoms with E-state index in [2.05, 4.69) is 14.2 Å². The van der Waals surface area contributed by atoms with Gasteiger partial charge in [-0.25, -0.2) is 21.9 Å². The fraction of sp³-hybridized carbons (Fsp3) is 0.200. The summed E-state index contributed by atoms with van der Waals surface area (Å²) in [7, 11) is -6.98. The lowest BCUT2D eigenvalue weighted by atomic mass is 10.1. The number of guanidine groups is 1. The molecule has 0 spiro atoms. The van der Waals surface area contributed by atoms with E-state index in [0.717, 1.165) is 12.1 Å². The van der Waals surface area contributed by atoms with Crippen molar-refractivity contribution >= 4 is 36.2 Å². The van der Waals surface area contributed by atoms with Gasteiger partial charge in [0.15, 0.2) is 23.3 Å². The first-order valence-electron chi connectivity index (χ1n) is 9.83. The maximum Gasteiger partial charge on any atom is 0.316 e. The number of sulfonamides is 1. The monoisotopic (exact) mass is 532 g/mol. The van der Waals surface area contributed by atoms with Gasteiger partial charge in [-0.1, -0.05) is 0 Å². The predicted molar refractivity (Wildman–Crippen MR) is 124 cm³/mol. The minimum Gasteiger partial charge on any atom is -0.451 e. The van der Waals surface area contributed by atoms with Crippen LogP contribution in [0.5, 0.6) is 11.5 Å². The van der Waals surface area contributed by atoms with Gasteiger partial charge in [-0.15, -0.1) is 0 Å². The normalized spacial score (nSPS) is 12.7. The summed E-state index contributed by atoms with van der Waals surface area (Å²) in [6.45, 7) is 1.23. The van der Waals surface area contributed by atoms with Crippen LogP contribution in [0, 0.1) is 11.6 Å². The van der Waals surface area contributed by atoms with Crippen LogP contribution in [0.1, 0.15) is 18.9 Å². The highest BCUT2D eigenvalue weighted by Crippen LogP contribution is 2.30. The lowest BCUT2D eigenvalue weighted by Gasteiger charge is -2.11. The molecule has 2 aromatic rings. The Hall–Kier alpha value is -3.16. The van der Waals surface area contributed by atoms with Gasteiger partial charge in [0.05, 0.1) is 11.5 Å². The summed E-state index contributed by atoms with van der Waals surface area (Å²) < 4.78 is 75.9. The number of aliphatic imine (C=N–C) groups is 1. The molecule has 2 aromatic carbocycles. The molecule has 15 heteroatoms. The number of amides is 1. The van der Waals surface area contributed by atoms with Gasteiger partial charge in [-0.05, 0) is 61.4 Å². The fourth-order valence-corrected chi connectivity index (χ4v) is 4.00. The number of benzene rings is 2. The third-order valence-electron chi connectivity index (χ3n) is 4.16. The Balaban J connectivity index is 2.10. The number of rotatable bonds is 11. The second-order valence-corrected chi connectivity index (χ2v) is 9.51. The summed E-state index contributed by atoms with van der Waals surface area (Å²) in [6, 6.07) is 6.63. The molecule has 6 N–H and O–H groups in total. The van der Waals surface area contributed by atoms with Crippen LogP contribution in [0.15, 0.2) is 51.9 Å². The summed E-state index contributed by atoms with van der Waals surface area (Å²) in [5, 5.41) is 0. The van der Waals surface area contributed by atoms with E-state index in [1.165, 1.54) is 37.3 Å². The molecule has 0 aliphatic rings. The third kappa shape index (κ3) is 8.85. The average molecular weight is 532 g/mol. The van der Waals surface area contributed by atoms with E-state index in [1.54, 1.807) is 0 Å². The number of hydrogen-bond donors (Lipinski definition) is 4. The molecule has 0 saturated heterocycles. The van der Waals surface area contributed by atoms with Crippen molar-refractivity contribution in [2.24, 2.45) is 16.5 Å². The van der Waals surface area contributed by atoms with Gasteiger partial charge in [0.2, 0.25) is 10.0 Å². The van der Waals surface area contributed by atoms with Crippen LogP contribution in [0.4, 0.5) is 8.78 Å². The van der Waals surface area contributed by atoms with E-state index in [0.29, 0.717) is 0 Å². The first-order valence-corrected chi connectivity index (χ1v) is 12.6. The van der Waals surface area contributed by atoms with E-state index >= 15 is 0 Å². The minimum atomic E-state index is -3.90. The van der Waals surface area contributed by atoms with Crippen LogP contribution in [-0.2, 0) is 23.9 Å². The van der Waals surface area contributed by atoms with Gasteiger partial charge >= 0.3 is 8.25 Å². The zero-order valence-electron chi connectivity index (χ0n) is 18.3. The number of nitrogens with zero attached hydrogens (tertiary/aromatic N) is 1. The largest absolute Gasteiger partial charge is 0.451 e. The van der Waals surface area contributed by atoms with Gasteiger partial charge in [0, 0.05) is 12.1 Å². The molecule has 0 radical (unpaired) electrons. The number of carbonyl (C=O) groups excluding carboxylic acids is 1. The van der Waals surface area contributed by atoms with E-state index in [9.17, 15) is 26.6 Å². The smallest absolute Gasteiger partial charge is 0.316 e. The maximum absolute atomic E-state index is 14.5. The number of nitrogens with one attached hydrogen (secondary N) is 1. The Labute approximate surface area is 200 Å². The number of halogens is 2. The summed E-state index contributed by atoms with van der Waals surface area (Å²) in [5.41, 5.74) is 10.3. The minimum absolute atomic E-state index is 0.0217. The molecule has 0 aliphatic heterocycles. The van der Waals surface area contributed by atoms with Crippen LogP contribution < -0.4 is 20.9 Å². The zero-order chi connectivity index (χ0) is 26.2. The number of carbonyl (C=O) groups is 1. The van der Waals surface area contributed by atoms with Crippen molar-refractivity contribution in [2.45, 2.75) is 18.2 Å². The first kappa shape index (κ1) is 28.1. The summed E-state index contributed by atoms with van der Waals surface area (Å²) >= 11 is 0. The second kappa shape index (κ2) is 12.5. The van der Waals surface area contributed by atoms with Crippen molar-refractivity contribution in [1.82, 2.24) is 4.72 Å². The molecule has 0 aliphatic carbocycles. The number of nitrogens with two attached hydrogens (primary N) is 2. The third-order valence-corrected chi connectivity index (χ3v) is 6.09. The van der Waals surface area contributed by atoms with Gasteiger partial charge in [-0.3, -0.25) is 9.36 Å². The standard InChI is InChI=1S/C20H23F2N4O7PS/c1-12(19(27)26-20(23)24)9-13-10-16(21)18(17(22)11-13)33-14-3-5-15(6-4-14)35(30,31)25-7-2-8-32-34(28)29/h3-6,9-11,25,34H,2,7-8H2,1H3,(H,28,29)(H4,23,24,26,27)/b12-9+. The van der Waals surface area contributed by atoms with Crippen molar-refractivity contribution in [3.05, 3.63) is 59.2 Å². The highest BCUT2D eigenvalue weighted by Gasteiger charge is 2.16. The van der Waals surface area contributed by atoms with Crippen molar-refractivity contribution in [2.75, 3.05) is 13.2 Å². The molecule has 0 saturated carbocycles. The molecule has 0 heterocycles. The second-order valence-electron chi connectivity index (χ2n) is 6.92. The van der Waals surface area contributed by atoms with Crippen molar-refractivity contribution in [3.8, 4) is 11.5 Å². The van der Waals surface area contributed by atoms with E-state index in [1.807, 2.05) is 0 Å². The molecule has 1 unspecified atom stereocenters. The van der Waals surface area contributed by atoms with Crippen molar-refractivity contribution < 1.29 is 40.7 Å². The molecular formula is C20H23F2N4O7PS. The van der Waals surface area contributed by atoms with E-state index in [4.69, 9.17) is 21.1 Å². The van der Waals surface area contributed by atoms with Gasteiger partial charge < -0.3 is 25.6 Å². The number of hydrogen-bond acceptors (Lipinski definition) is 6. The molecule has 0 fully saturated rings. The zero-order valence-corrected chi connectivity index (χ0v) is 20.1. The lowest BCUT2D eigenvalue weighted by molar-refractivity contribution is -0.114. The molecule has 190 valence electrons. The quantitative estimate of drug-likeness (QED) is 0.111. The number of ether oxygens (including phenoxy) is 1. The van der Waals surface area contributed by atoms with Crippen LogP contribution >= 0.6 is 8.25 Å². The molecular weight excluding hydrogens is 509 g/mol.